The Morgan fingerprint density at radius 2 is 2.04 bits per heavy atom. The second-order valence-electron chi connectivity index (χ2n) is 7.22. The van der Waals surface area contributed by atoms with Gasteiger partial charge < -0.3 is 10.3 Å². The largest absolute Gasteiger partial charge is 0.319 e. The lowest BCUT2D eigenvalue weighted by molar-refractivity contribution is 0.102. The molecule has 6 nitrogen and oxygen atoms in total. The van der Waals surface area contributed by atoms with Crippen molar-refractivity contribution >= 4 is 22.5 Å². The average Bonchev–Trinajstić information content (AvgIpc) is 2.93. The summed E-state index contributed by atoms with van der Waals surface area (Å²) in [5.74, 6) is -0.482. The molecule has 0 radical (unpaired) electrons. The van der Waals surface area contributed by atoms with E-state index in [4.69, 9.17) is 0 Å². The van der Waals surface area contributed by atoms with Gasteiger partial charge in [-0.25, -0.2) is 4.39 Å². The molecule has 142 valence electrons. The molecule has 0 saturated heterocycles. The van der Waals surface area contributed by atoms with E-state index in [1.807, 2.05) is 11.6 Å². The first-order valence-electron chi connectivity index (χ1n) is 8.93. The van der Waals surface area contributed by atoms with Crippen LogP contribution in [0.2, 0.25) is 0 Å². The van der Waals surface area contributed by atoms with Gasteiger partial charge >= 0.3 is 0 Å². The van der Waals surface area contributed by atoms with Crippen LogP contribution in [0.4, 0.5) is 10.1 Å². The van der Waals surface area contributed by atoms with E-state index in [2.05, 4.69) is 29.2 Å². The highest BCUT2D eigenvalue weighted by Gasteiger charge is 2.17. The Balaban J connectivity index is 1.95. The lowest BCUT2D eigenvalue weighted by atomic mass is 10.1. The minimum Gasteiger partial charge on any atom is -0.319 e. The zero-order valence-corrected chi connectivity index (χ0v) is 15.9. The van der Waals surface area contributed by atoms with Crippen LogP contribution in [0.15, 0.2) is 29.2 Å². The van der Waals surface area contributed by atoms with E-state index in [-0.39, 0.29) is 11.1 Å². The van der Waals surface area contributed by atoms with E-state index in [0.717, 1.165) is 18.7 Å². The Kier molecular flexibility index (Phi) is 5.12. The van der Waals surface area contributed by atoms with Crippen LogP contribution in [0.25, 0.3) is 10.9 Å². The lowest BCUT2D eigenvalue weighted by Crippen LogP contribution is -2.18. The maximum atomic E-state index is 14.2. The van der Waals surface area contributed by atoms with E-state index in [1.165, 1.54) is 12.1 Å². The highest BCUT2D eigenvalue weighted by atomic mass is 19.1. The fourth-order valence-corrected chi connectivity index (χ4v) is 3.00. The number of aromatic nitrogens is 3. The number of hydrogen-bond acceptors (Lipinski definition) is 3. The molecule has 2 N–H and O–H groups in total. The molecule has 0 atom stereocenters. The monoisotopic (exact) mass is 370 g/mol. The average molecular weight is 370 g/mol. The fraction of sp³-hybridized carbons (Fsp3) is 0.350. The summed E-state index contributed by atoms with van der Waals surface area (Å²) in [7, 11) is 0. The Labute approximate surface area is 156 Å². The molecular formula is C20H23FN4O2. The summed E-state index contributed by atoms with van der Waals surface area (Å²) in [6.07, 6.45) is 2.57. The maximum Gasteiger partial charge on any atom is 0.256 e. The van der Waals surface area contributed by atoms with Crippen molar-refractivity contribution in [3.8, 4) is 0 Å². The molecule has 0 fully saturated rings. The highest BCUT2D eigenvalue weighted by Crippen LogP contribution is 2.22. The van der Waals surface area contributed by atoms with Crippen molar-refractivity contribution < 1.29 is 9.18 Å². The summed E-state index contributed by atoms with van der Waals surface area (Å²) >= 11 is 0. The summed E-state index contributed by atoms with van der Waals surface area (Å²) in [4.78, 5) is 27.2. The molecule has 0 spiro atoms. The van der Waals surface area contributed by atoms with Gasteiger partial charge in [0.05, 0.1) is 28.7 Å². The van der Waals surface area contributed by atoms with Crippen LogP contribution in [0.3, 0.4) is 0 Å². The molecular weight excluding hydrogens is 347 g/mol. The van der Waals surface area contributed by atoms with Crippen LogP contribution in [-0.2, 0) is 6.54 Å². The van der Waals surface area contributed by atoms with Crippen molar-refractivity contribution in [3.05, 3.63) is 57.4 Å². The first kappa shape index (κ1) is 18.8. The zero-order valence-electron chi connectivity index (χ0n) is 15.9. The van der Waals surface area contributed by atoms with E-state index in [9.17, 15) is 14.0 Å². The molecule has 1 amide bonds. The molecule has 7 heteroatoms. The minimum atomic E-state index is -0.561. The van der Waals surface area contributed by atoms with Crippen molar-refractivity contribution in [1.29, 1.82) is 0 Å². The highest BCUT2D eigenvalue weighted by molar-refractivity contribution is 6.12. The smallest absolute Gasteiger partial charge is 0.256 e. The Hall–Kier alpha value is -2.96. The molecule has 2 heterocycles. The van der Waals surface area contributed by atoms with E-state index in [0.29, 0.717) is 22.6 Å². The molecule has 0 aliphatic heterocycles. The van der Waals surface area contributed by atoms with E-state index in [1.54, 1.807) is 19.2 Å². The number of nitrogens with zero attached hydrogens (tertiary/aromatic N) is 2. The molecule has 0 aliphatic rings. The number of carbonyl (C=O) groups excluding carboxylic acids is 1. The molecule has 3 rings (SSSR count). The van der Waals surface area contributed by atoms with Crippen LogP contribution in [0, 0.1) is 25.6 Å². The first-order valence-corrected chi connectivity index (χ1v) is 8.93. The number of fused-ring (bicyclic) bond motifs is 1. The quantitative estimate of drug-likeness (QED) is 0.717. The number of halogens is 1. The van der Waals surface area contributed by atoms with Gasteiger partial charge in [-0.3, -0.25) is 14.3 Å². The third-order valence-electron chi connectivity index (χ3n) is 4.56. The second kappa shape index (κ2) is 7.34. The predicted octanol–water partition coefficient (Wildman–Crippen LogP) is 3.78. The van der Waals surface area contributed by atoms with Crippen LogP contribution < -0.4 is 10.9 Å². The number of aromatic amines is 1. The third-order valence-corrected chi connectivity index (χ3v) is 4.56. The van der Waals surface area contributed by atoms with Crippen molar-refractivity contribution in [1.82, 2.24) is 14.8 Å². The lowest BCUT2D eigenvalue weighted by Gasteiger charge is -2.10. The summed E-state index contributed by atoms with van der Waals surface area (Å²) in [6, 6.07) is 4.19. The molecule has 3 aromatic rings. The normalized spacial score (nSPS) is 11.3. The molecule has 0 saturated carbocycles. The topological polar surface area (TPSA) is 79.8 Å². The number of hydrogen-bond donors (Lipinski definition) is 2. The maximum absolute atomic E-state index is 14.2. The van der Waals surface area contributed by atoms with Crippen LogP contribution >= 0.6 is 0 Å². The summed E-state index contributed by atoms with van der Waals surface area (Å²) in [5, 5.41) is 7.48. The number of rotatable bonds is 5. The van der Waals surface area contributed by atoms with Crippen molar-refractivity contribution in [2.45, 2.75) is 40.7 Å². The SMILES string of the molecule is Cc1cc(F)c2[nH]c(=O)cc(C(=O)Nc3cnn(CCC(C)C)c3C)c2c1. The summed E-state index contributed by atoms with van der Waals surface area (Å²) < 4.78 is 16.0. The number of nitrogens with one attached hydrogen (secondary N) is 2. The zero-order chi connectivity index (χ0) is 19.7. The van der Waals surface area contributed by atoms with Crippen LogP contribution in [0.1, 0.15) is 41.9 Å². The number of H-pyrrole nitrogens is 1. The molecule has 27 heavy (non-hydrogen) atoms. The molecule has 0 unspecified atom stereocenters. The molecule has 1 aromatic carbocycles. The number of carbonyl (C=O) groups is 1. The fourth-order valence-electron chi connectivity index (χ4n) is 3.00. The van der Waals surface area contributed by atoms with Gasteiger partial charge in [0.1, 0.15) is 5.82 Å². The number of anilines is 1. The van der Waals surface area contributed by atoms with Gasteiger partial charge in [-0.15, -0.1) is 0 Å². The van der Waals surface area contributed by atoms with Crippen molar-refractivity contribution in [2.75, 3.05) is 5.32 Å². The van der Waals surface area contributed by atoms with Gasteiger partial charge in [0.15, 0.2) is 0 Å². The van der Waals surface area contributed by atoms with Crippen molar-refractivity contribution in [2.24, 2.45) is 5.92 Å². The standard InChI is InChI=1S/C20H23FN4O2/c1-11(2)5-6-25-13(4)17(10-22-25)23-20(27)15-9-18(26)24-19-14(15)7-12(3)8-16(19)21/h7-11H,5-6H2,1-4H3,(H,23,27)(H,24,26). The number of amides is 1. The Bertz CT molecular complexity index is 1070. The van der Waals surface area contributed by atoms with Crippen LogP contribution in [0.5, 0.6) is 0 Å². The van der Waals surface area contributed by atoms with Gasteiger partial charge in [0.25, 0.3) is 5.91 Å². The molecule has 2 aromatic heterocycles. The minimum absolute atomic E-state index is 0.0302. The van der Waals surface area contributed by atoms with E-state index < -0.39 is 17.3 Å². The molecule has 0 aliphatic carbocycles. The number of benzene rings is 1. The summed E-state index contributed by atoms with van der Waals surface area (Å²) in [5.41, 5.74) is 1.71. The second-order valence-corrected chi connectivity index (χ2v) is 7.22. The van der Waals surface area contributed by atoms with Gasteiger partial charge in [-0.1, -0.05) is 13.8 Å². The third kappa shape index (κ3) is 3.92. The van der Waals surface area contributed by atoms with Gasteiger partial charge in [-0.2, -0.15) is 5.10 Å². The first-order chi connectivity index (χ1) is 12.8. The molecule has 0 bridgehead atoms. The predicted molar refractivity (Wildman–Crippen MR) is 104 cm³/mol. The number of aryl methyl sites for hydroxylation is 2. The Morgan fingerprint density at radius 1 is 1.30 bits per heavy atom. The van der Waals surface area contributed by atoms with Gasteiger partial charge in [-0.05, 0) is 43.9 Å². The Morgan fingerprint density at radius 3 is 2.74 bits per heavy atom. The van der Waals surface area contributed by atoms with Gasteiger partial charge in [0, 0.05) is 18.0 Å². The summed E-state index contributed by atoms with van der Waals surface area (Å²) in [6.45, 7) is 8.65. The number of pyridine rings is 1. The van der Waals surface area contributed by atoms with E-state index >= 15 is 0 Å². The van der Waals surface area contributed by atoms with Gasteiger partial charge in [0.2, 0.25) is 5.56 Å². The van der Waals surface area contributed by atoms with Crippen LogP contribution in [-0.4, -0.2) is 20.7 Å². The van der Waals surface area contributed by atoms with Crippen molar-refractivity contribution in [3.63, 3.8) is 0 Å².